The summed E-state index contributed by atoms with van der Waals surface area (Å²) in [6.45, 7) is 0. The zero-order valence-electron chi connectivity index (χ0n) is 15.3. The van der Waals surface area contributed by atoms with Crippen LogP contribution in [-0.4, -0.2) is 16.1 Å². The number of carboxylic acid groups (broad SMARTS) is 1. The van der Waals surface area contributed by atoms with Gasteiger partial charge in [0.15, 0.2) is 0 Å². The Bertz CT molecular complexity index is 963. The molecule has 0 spiro atoms. The number of benzene rings is 2. The minimum absolute atomic E-state index is 0.186. The maximum Gasteiger partial charge on any atom is 0.306 e. The SMILES string of the molecule is O=C(O)C1CCC(c2ncc(-c3ccc(Nc4ccccc4Cl)cc3)s2)CC1. The van der Waals surface area contributed by atoms with Crippen LogP contribution in [0.25, 0.3) is 10.4 Å². The number of para-hydroxylation sites is 1. The van der Waals surface area contributed by atoms with E-state index in [-0.39, 0.29) is 5.92 Å². The highest BCUT2D eigenvalue weighted by atomic mass is 35.5. The van der Waals surface area contributed by atoms with E-state index < -0.39 is 5.97 Å². The second-order valence-electron chi connectivity index (χ2n) is 7.13. The Balaban J connectivity index is 1.43. The maximum atomic E-state index is 11.1. The van der Waals surface area contributed by atoms with Gasteiger partial charge in [0.2, 0.25) is 0 Å². The number of hydrogen-bond donors (Lipinski definition) is 2. The molecule has 6 heteroatoms. The number of aromatic nitrogens is 1. The Morgan fingerprint density at radius 3 is 2.46 bits per heavy atom. The molecule has 0 aliphatic heterocycles. The van der Waals surface area contributed by atoms with Crippen molar-refractivity contribution in [2.24, 2.45) is 5.92 Å². The summed E-state index contributed by atoms with van der Waals surface area (Å²) in [5, 5.41) is 14.3. The first kappa shape index (κ1) is 19.0. The number of carbonyl (C=O) groups is 1. The number of nitrogens with one attached hydrogen (secondary N) is 1. The maximum absolute atomic E-state index is 11.1. The molecular formula is C22H21ClN2O2S. The molecule has 0 saturated heterocycles. The first-order chi connectivity index (χ1) is 13.6. The van der Waals surface area contributed by atoms with Gasteiger partial charge in [-0.25, -0.2) is 4.98 Å². The number of aliphatic carboxylic acids is 1. The van der Waals surface area contributed by atoms with E-state index in [1.54, 1.807) is 11.3 Å². The molecule has 2 N–H and O–H groups in total. The standard InChI is InChI=1S/C22H21ClN2O2S/c23-18-3-1-2-4-19(18)25-17-11-9-14(10-12-17)20-13-24-21(28-20)15-5-7-16(8-6-15)22(26)27/h1-4,9-13,15-16,25H,5-8H2,(H,26,27). The predicted molar refractivity (Wildman–Crippen MR) is 115 cm³/mol. The van der Waals surface area contributed by atoms with Gasteiger partial charge in [-0.15, -0.1) is 11.3 Å². The van der Waals surface area contributed by atoms with Crippen LogP contribution in [0.3, 0.4) is 0 Å². The van der Waals surface area contributed by atoms with Crippen LogP contribution in [0.15, 0.2) is 54.7 Å². The average Bonchev–Trinajstić information content (AvgIpc) is 3.21. The normalized spacial score (nSPS) is 19.3. The molecule has 4 rings (SSSR count). The molecule has 0 unspecified atom stereocenters. The van der Waals surface area contributed by atoms with Crippen LogP contribution in [0, 0.1) is 5.92 Å². The van der Waals surface area contributed by atoms with Crippen molar-refractivity contribution in [3.05, 3.63) is 64.8 Å². The lowest BCUT2D eigenvalue weighted by Crippen LogP contribution is -2.20. The molecule has 4 nitrogen and oxygen atoms in total. The smallest absolute Gasteiger partial charge is 0.306 e. The highest BCUT2D eigenvalue weighted by Gasteiger charge is 2.28. The second kappa shape index (κ2) is 8.33. The highest BCUT2D eigenvalue weighted by Crippen LogP contribution is 2.39. The molecular weight excluding hydrogens is 392 g/mol. The van der Waals surface area contributed by atoms with Gasteiger partial charge in [0.1, 0.15) is 0 Å². The first-order valence-electron chi connectivity index (χ1n) is 9.40. The zero-order chi connectivity index (χ0) is 19.5. The third-order valence-corrected chi connectivity index (χ3v) is 6.81. The van der Waals surface area contributed by atoms with Gasteiger partial charge in [-0.05, 0) is 55.5 Å². The van der Waals surface area contributed by atoms with Gasteiger partial charge in [-0.1, -0.05) is 35.9 Å². The quantitative estimate of drug-likeness (QED) is 0.497. The molecule has 1 saturated carbocycles. The van der Waals surface area contributed by atoms with E-state index in [2.05, 4.69) is 22.4 Å². The van der Waals surface area contributed by atoms with Crippen LogP contribution in [0.2, 0.25) is 5.02 Å². The van der Waals surface area contributed by atoms with Crippen LogP contribution in [-0.2, 0) is 4.79 Å². The fraction of sp³-hybridized carbons (Fsp3) is 0.273. The van der Waals surface area contributed by atoms with Gasteiger partial charge in [0.25, 0.3) is 0 Å². The van der Waals surface area contributed by atoms with E-state index in [1.807, 2.05) is 42.6 Å². The molecule has 144 valence electrons. The van der Waals surface area contributed by atoms with Crippen molar-refractivity contribution in [2.45, 2.75) is 31.6 Å². The minimum Gasteiger partial charge on any atom is -0.481 e. The van der Waals surface area contributed by atoms with E-state index >= 15 is 0 Å². The van der Waals surface area contributed by atoms with Gasteiger partial charge in [-0.3, -0.25) is 4.79 Å². The summed E-state index contributed by atoms with van der Waals surface area (Å²) < 4.78 is 0. The monoisotopic (exact) mass is 412 g/mol. The summed E-state index contributed by atoms with van der Waals surface area (Å²) in [7, 11) is 0. The Hall–Kier alpha value is -2.37. The molecule has 3 aromatic rings. The van der Waals surface area contributed by atoms with Gasteiger partial charge in [0, 0.05) is 17.8 Å². The Labute approximate surface area is 173 Å². The number of carboxylic acids is 1. The second-order valence-corrected chi connectivity index (χ2v) is 8.60. The lowest BCUT2D eigenvalue weighted by molar-refractivity contribution is -0.142. The molecule has 2 aromatic carbocycles. The lowest BCUT2D eigenvalue weighted by atomic mass is 9.82. The van der Waals surface area contributed by atoms with Gasteiger partial charge in [0.05, 0.1) is 26.5 Å². The van der Waals surface area contributed by atoms with E-state index in [0.29, 0.717) is 10.9 Å². The highest BCUT2D eigenvalue weighted by molar-refractivity contribution is 7.15. The number of nitrogens with zero attached hydrogens (tertiary/aromatic N) is 1. The van der Waals surface area contributed by atoms with Crippen LogP contribution >= 0.6 is 22.9 Å². The van der Waals surface area contributed by atoms with Gasteiger partial charge >= 0.3 is 5.97 Å². The Morgan fingerprint density at radius 2 is 1.79 bits per heavy atom. The fourth-order valence-corrected chi connectivity index (χ4v) is 4.91. The zero-order valence-corrected chi connectivity index (χ0v) is 16.8. The molecule has 28 heavy (non-hydrogen) atoms. The van der Waals surface area contributed by atoms with Crippen molar-refractivity contribution in [3.8, 4) is 10.4 Å². The van der Waals surface area contributed by atoms with Crippen molar-refractivity contribution in [2.75, 3.05) is 5.32 Å². The number of hydrogen-bond acceptors (Lipinski definition) is 4. The van der Waals surface area contributed by atoms with Crippen molar-refractivity contribution in [1.82, 2.24) is 4.98 Å². The molecule has 1 heterocycles. The largest absolute Gasteiger partial charge is 0.481 e. The Morgan fingerprint density at radius 1 is 1.07 bits per heavy atom. The third kappa shape index (κ3) is 4.21. The van der Waals surface area contributed by atoms with E-state index in [9.17, 15) is 4.79 Å². The molecule has 1 aromatic heterocycles. The fourth-order valence-electron chi connectivity index (χ4n) is 3.63. The third-order valence-electron chi connectivity index (χ3n) is 5.27. The summed E-state index contributed by atoms with van der Waals surface area (Å²) in [5.41, 5.74) is 3.00. The summed E-state index contributed by atoms with van der Waals surface area (Å²) >= 11 is 7.92. The average molecular weight is 413 g/mol. The lowest BCUT2D eigenvalue weighted by Gasteiger charge is -2.24. The summed E-state index contributed by atoms with van der Waals surface area (Å²) in [6.07, 6.45) is 5.24. The Kier molecular flexibility index (Phi) is 5.64. The van der Waals surface area contributed by atoms with Crippen molar-refractivity contribution in [1.29, 1.82) is 0 Å². The molecule has 0 radical (unpaired) electrons. The van der Waals surface area contributed by atoms with Gasteiger partial charge in [-0.2, -0.15) is 0 Å². The van der Waals surface area contributed by atoms with Crippen molar-refractivity contribution in [3.63, 3.8) is 0 Å². The molecule has 1 fully saturated rings. The van der Waals surface area contributed by atoms with Crippen LogP contribution < -0.4 is 5.32 Å². The van der Waals surface area contributed by atoms with Crippen LogP contribution in [0.1, 0.15) is 36.6 Å². The minimum atomic E-state index is -0.663. The van der Waals surface area contributed by atoms with Crippen molar-refractivity contribution >= 4 is 40.3 Å². The van der Waals surface area contributed by atoms with Gasteiger partial charge < -0.3 is 10.4 Å². The summed E-state index contributed by atoms with van der Waals surface area (Å²) in [5.74, 6) is -0.465. The van der Waals surface area contributed by atoms with Crippen LogP contribution in [0.4, 0.5) is 11.4 Å². The van der Waals surface area contributed by atoms with E-state index in [4.69, 9.17) is 16.7 Å². The summed E-state index contributed by atoms with van der Waals surface area (Å²) in [4.78, 5) is 16.9. The predicted octanol–water partition coefficient (Wildman–Crippen LogP) is 6.57. The summed E-state index contributed by atoms with van der Waals surface area (Å²) in [6, 6.07) is 15.9. The number of halogens is 1. The van der Waals surface area contributed by atoms with Crippen molar-refractivity contribution < 1.29 is 9.90 Å². The molecule has 0 atom stereocenters. The van der Waals surface area contributed by atoms with E-state index in [1.165, 1.54) is 0 Å². The molecule has 0 amide bonds. The first-order valence-corrected chi connectivity index (χ1v) is 10.6. The number of rotatable bonds is 5. The molecule has 1 aliphatic carbocycles. The van der Waals surface area contributed by atoms with E-state index in [0.717, 1.165) is 52.5 Å². The number of anilines is 2. The topological polar surface area (TPSA) is 62.2 Å². The number of thiazole rings is 1. The van der Waals surface area contributed by atoms with Crippen LogP contribution in [0.5, 0.6) is 0 Å². The molecule has 1 aliphatic rings. The molecule has 0 bridgehead atoms.